The van der Waals surface area contributed by atoms with Gasteiger partial charge in [-0.15, -0.1) is 11.3 Å². The third-order valence-corrected chi connectivity index (χ3v) is 4.04. The highest BCUT2D eigenvalue weighted by Crippen LogP contribution is 2.25. The van der Waals surface area contributed by atoms with E-state index in [2.05, 4.69) is 16.8 Å². The molecule has 0 N–H and O–H groups in total. The average molecular weight is 265 g/mol. The Kier molecular flexibility index (Phi) is 3.05. The summed E-state index contributed by atoms with van der Waals surface area (Å²) in [5, 5.41) is 1.94. The second-order valence-corrected chi connectivity index (χ2v) is 5.21. The highest BCUT2D eigenvalue weighted by atomic mass is 32.1. The molecule has 0 bridgehead atoms. The first-order valence-electron chi connectivity index (χ1n) is 6.10. The summed E-state index contributed by atoms with van der Waals surface area (Å²) in [5.74, 6) is 0.790. The number of carbonyl (C=O) groups excluding carboxylic acids is 1. The smallest absolute Gasteiger partial charge is 0.196 e. The molecule has 3 rings (SSSR count). The number of hydrogen-bond donors (Lipinski definition) is 0. The first-order valence-corrected chi connectivity index (χ1v) is 6.98. The van der Waals surface area contributed by atoms with E-state index in [1.165, 1.54) is 0 Å². The van der Waals surface area contributed by atoms with Crippen molar-refractivity contribution in [3.8, 4) is 0 Å². The van der Waals surface area contributed by atoms with Crippen molar-refractivity contribution in [1.82, 2.24) is 9.38 Å². The molecule has 1 saturated heterocycles. The summed E-state index contributed by atoms with van der Waals surface area (Å²) >= 11 is 1.54. The van der Waals surface area contributed by atoms with Gasteiger partial charge in [-0.1, -0.05) is 6.92 Å². The number of rotatable bonds is 3. The van der Waals surface area contributed by atoms with Crippen LogP contribution in [0.4, 0.5) is 5.82 Å². The van der Waals surface area contributed by atoms with Crippen LogP contribution in [-0.2, 0) is 4.74 Å². The Balaban J connectivity index is 1.97. The van der Waals surface area contributed by atoms with Gasteiger partial charge in [-0.05, 0) is 6.42 Å². The van der Waals surface area contributed by atoms with Crippen LogP contribution >= 0.6 is 11.3 Å². The van der Waals surface area contributed by atoms with Crippen molar-refractivity contribution in [3.63, 3.8) is 0 Å². The Hall–Kier alpha value is -1.40. The van der Waals surface area contributed by atoms with Gasteiger partial charge in [0.1, 0.15) is 5.69 Å². The van der Waals surface area contributed by atoms with E-state index in [4.69, 9.17) is 4.74 Å². The van der Waals surface area contributed by atoms with Crippen LogP contribution in [0.3, 0.4) is 0 Å². The molecule has 18 heavy (non-hydrogen) atoms. The molecule has 0 amide bonds. The molecule has 1 aliphatic heterocycles. The Morgan fingerprint density at radius 2 is 2.56 bits per heavy atom. The lowest BCUT2D eigenvalue weighted by Crippen LogP contribution is -2.42. The topological polar surface area (TPSA) is 46.8 Å². The standard InChI is InChI=1S/C12H15N3O2S/c1-2-9-7-14(3-5-17-9)11-10(8-16)15-4-6-18-12(15)13-11/h4,6,8-9H,2-3,5,7H2,1H3. The maximum Gasteiger partial charge on any atom is 0.196 e. The zero-order chi connectivity index (χ0) is 12.5. The largest absolute Gasteiger partial charge is 0.375 e. The molecule has 0 spiro atoms. The van der Waals surface area contributed by atoms with E-state index >= 15 is 0 Å². The summed E-state index contributed by atoms with van der Waals surface area (Å²) in [7, 11) is 0. The van der Waals surface area contributed by atoms with E-state index in [1.54, 1.807) is 11.3 Å². The average Bonchev–Trinajstić information content (AvgIpc) is 2.98. The van der Waals surface area contributed by atoms with Gasteiger partial charge >= 0.3 is 0 Å². The molecule has 1 atom stereocenters. The van der Waals surface area contributed by atoms with Crippen molar-refractivity contribution < 1.29 is 9.53 Å². The molecule has 96 valence electrons. The molecule has 1 fully saturated rings. The Morgan fingerprint density at radius 1 is 1.67 bits per heavy atom. The lowest BCUT2D eigenvalue weighted by atomic mass is 10.2. The van der Waals surface area contributed by atoms with Crippen LogP contribution in [0.1, 0.15) is 23.8 Å². The summed E-state index contributed by atoms with van der Waals surface area (Å²) in [5.41, 5.74) is 0.642. The number of hydrogen-bond acceptors (Lipinski definition) is 5. The molecule has 0 radical (unpaired) electrons. The van der Waals surface area contributed by atoms with E-state index in [1.807, 2.05) is 16.0 Å². The number of thiazole rings is 1. The molecule has 0 saturated carbocycles. The highest BCUT2D eigenvalue weighted by Gasteiger charge is 2.24. The maximum atomic E-state index is 11.3. The van der Waals surface area contributed by atoms with E-state index in [0.717, 1.165) is 36.6 Å². The first kappa shape index (κ1) is 11.7. The fraction of sp³-hybridized carbons (Fsp3) is 0.500. The number of aromatic nitrogens is 2. The van der Waals surface area contributed by atoms with Gasteiger partial charge in [-0.3, -0.25) is 9.20 Å². The van der Waals surface area contributed by atoms with E-state index < -0.39 is 0 Å². The van der Waals surface area contributed by atoms with Gasteiger partial charge in [-0.2, -0.15) is 0 Å². The second kappa shape index (κ2) is 4.70. The molecule has 1 unspecified atom stereocenters. The number of fused-ring (bicyclic) bond motifs is 1. The lowest BCUT2D eigenvalue weighted by Gasteiger charge is -2.32. The molecule has 2 aromatic heterocycles. The molecule has 5 nitrogen and oxygen atoms in total. The molecular weight excluding hydrogens is 250 g/mol. The minimum atomic E-state index is 0.234. The predicted molar refractivity (Wildman–Crippen MR) is 70.7 cm³/mol. The van der Waals surface area contributed by atoms with E-state index in [9.17, 15) is 4.79 Å². The number of carbonyl (C=O) groups is 1. The SMILES string of the molecule is CCC1CN(c2nc3sccn3c2C=O)CCO1. The molecule has 1 aliphatic rings. The van der Waals surface area contributed by atoms with Crippen molar-refractivity contribution in [1.29, 1.82) is 0 Å². The number of ether oxygens (including phenoxy) is 1. The number of imidazole rings is 1. The third kappa shape index (κ3) is 1.81. The van der Waals surface area contributed by atoms with E-state index in [-0.39, 0.29) is 6.10 Å². The Bertz CT molecular complexity index is 563. The van der Waals surface area contributed by atoms with Crippen LogP contribution in [0.25, 0.3) is 4.96 Å². The zero-order valence-corrected chi connectivity index (χ0v) is 11.0. The van der Waals surface area contributed by atoms with Gasteiger partial charge in [0.2, 0.25) is 0 Å². The number of nitrogens with zero attached hydrogens (tertiary/aromatic N) is 3. The molecule has 6 heteroatoms. The Morgan fingerprint density at radius 3 is 3.33 bits per heavy atom. The van der Waals surface area contributed by atoms with Gasteiger partial charge in [0.15, 0.2) is 17.1 Å². The fourth-order valence-electron chi connectivity index (χ4n) is 2.29. The minimum absolute atomic E-state index is 0.234. The van der Waals surface area contributed by atoms with Crippen molar-refractivity contribution in [3.05, 3.63) is 17.3 Å². The quantitative estimate of drug-likeness (QED) is 0.794. The van der Waals surface area contributed by atoms with Crippen LogP contribution in [0.15, 0.2) is 11.6 Å². The monoisotopic (exact) mass is 265 g/mol. The summed E-state index contributed by atoms with van der Waals surface area (Å²) in [4.78, 5) is 18.9. The van der Waals surface area contributed by atoms with Gasteiger partial charge in [-0.25, -0.2) is 4.98 Å². The van der Waals surface area contributed by atoms with Crippen molar-refractivity contribution in [2.45, 2.75) is 19.4 Å². The predicted octanol–water partition coefficient (Wildman–Crippen LogP) is 1.82. The lowest BCUT2D eigenvalue weighted by molar-refractivity contribution is 0.0381. The van der Waals surface area contributed by atoms with Crippen LogP contribution in [0, 0.1) is 0 Å². The van der Waals surface area contributed by atoms with Gasteiger partial charge in [0.05, 0.1) is 12.7 Å². The Labute approximate surface area is 109 Å². The van der Waals surface area contributed by atoms with Crippen molar-refractivity contribution in [2.75, 3.05) is 24.6 Å². The highest BCUT2D eigenvalue weighted by molar-refractivity contribution is 7.15. The van der Waals surface area contributed by atoms with Crippen molar-refractivity contribution in [2.24, 2.45) is 0 Å². The normalized spacial score (nSPS) is 20.5. The second-order valence-electron chi connectivity index (χ2n) is 4.34. The molecule has 0 aromatic carbocycles. The van der Waals surface area contributed by atoms with Crippen LogP contribution in [-0.4, -0.2) is 41.5 Å². The summed E-state index contributed by atoms with van der Waals surface area (Å²) < 4.78 is 7.50. The molecule has 3 heterocycles. The minimum Gasteiger partial charge on any atom is -0.375 e. The molecule has 0 aliphatic carbocycles. The third-order valence-electron chi connectivity index (χ3n) is 3.28. The van der Waals surface area contributed by atoms with Crippen LogP contribution < -0.4 is 4.90 Å². The summed E-state index contributed by atoms with van der Waals surface area (Å²) in [6.07, 6.45) is 3.99. The fourth-order valence-corrected chi connectivity index (χ4v) is 3.01. The van der Waals surface area contributed by atoms with Crippen molar-refractivity contribution >= 4 is 28.4 Å². The first-order chi connectivity index (χ1) is 8.83. The number of anilines is 1. The zero-order valence-electron chi connectivity index (χ0n) is 10.2. The van der Waals surface area contributed by atoms with E-state index in [0.29, 0.717) is 12.3 Å². The van der Waals surface area contributed by atoms with Gasteiger partial charge in [0.25, 0.3) is 0 Å². The summed E-state index contributed by atoms with van der Waals surface area (Å²) in [6.45, 7) is 4.41. The number of morpholine rings is 1. The van der Waals surface area contributed by atoms with Gasteiger partial charge < -0.3 is 9.64 Å². The summed E-state index contributed by atoms with van der Waals surface area (Å²) in [6, 6.07) is 0. The molecular formula is C12H15N3O2S. The van der Waals surface area contributed by atoms with Crippen LogP contribution in [0.2, 0.25) is 0 Å². The number of aldehydes is 1. The maximum absolute atomic E-state index is 11.3. The van der Waals surface area contributed by atoms with Gasteiger partial charge in [0, 0.05) is 24.7 Å². The molecule has 2 aromatic rings. The van der Waals surface area contributed by atoms with Crippen LogP contribution in [0.5, 0.6) is 0 Å².